The number of hydrogen-bond donors (Lipinski definition) is 2. The molecule has 4 heteroatoms. The van der Waals surface area contributed by atoms with Crippen LogP contribution in [0.1, 0.15) is 45.1 Å². The SMILES string of the molecule is CC(C)CC(Cc1ccccc1)C(=O)NCC1(C(=O)O)CCC1. The molecule has 1 aromatic rings. The van der Waals surface area contributed by atoms with E-state index in [-0.39, 0.29) is 18.4 Å². The van der Waals surface area contributed by atoms with Gasteiger partial charge in [-0.15, -0.1) is 0 Å². The molecule has 2 rings (SSSR count). The summed E-state index contributed by atoms with van der Waals surface area (Å²) in [6, 6.07) is 9.99. The fourth-order valence-corrected chi connectivity index (χ4v) is 3.22. The van der Waals surface area contributed by atoms with E-state index in [1.165, 1.54) is 0 Å². The fourth-order valence-electron chi connectivity index (χ4n) is 3.22. The number of amides is 1. The molecule has 1 saturated carbocycles. The summed E-state index contributed by atoms with van der Waals surface area (Å²) >= 11 is 0. The van der Waals surface area contributed by atoms with Crippen molar-refractivity contribution in [2.75, 3.05) is 6.54 Å². The molecule has 23 heavy (non-hydrogen) atoms. The summed E-state index contributed by atoms with van der Waals surface area (Å²) in [5.41, 5.74) is 0.412. The molecule has 1 aromatic carbocycles. The zero-order valence-electron chi connectivity index (χ0n) is 14.0. The number of carbonyl (C=O) groups excluding carboxylic acids is 1. The maximum atomic E-state index is 12.6. The standard InChI is InChI=1S/C19H27NO3/c1-14(2)11-16(12-15-7-4-3-5-8-15)17(21)20-13-19(18(22)23)9-6-10-19/h3-5,7-8,14,16H,6,9-13H2,1-2H3,(H,20,21)(H,22,23). The molecule has 0 bridgehead atoms. The van der Waals surface area contributed by atoms with Gasteiger partial charge in [0.25, 0.3) is 0 Å². The summed E-state index contributed by atoms with van der Waals surface area (Å²) < 4.78 is 0. The summed E-state index contributed by atoms with van der Waals surface area (Å²) in [6.45, 7) is 4.47. The number of carboxylic acid groups (broad SMARTS) is 1. The van der Waals surface area contributed by atoms with Crippen LogP contribution >= 0.6 is 0 Å². The van der Waals surface area contributed by atoms with Crippen LogP contribution in [-0.4, -0.2) is 23.5 Å². The van der Waals surface area contributed by atoms with Gasteiger partial charge in [0.05, 0.1) is 5.41 Å². The van der Waals surface area contributed by atoms with E-state index >= 15 is 0 Å². The molecule has 0 heterocycles. The van der Waals surface area contributed by atoms with Crippen LogP contribution in [0.25, 0.3) is 0 Å². The number of carbonyl (C=O) groups is 2. The topological polar surface area (TPSA) is 66.4 Å². The number of hydrogen-bond acceptors (Lipinski definition) is 2. The van der Waals surface area contributed by atoms with E-state index in [0.717, 1.165) is 18.4 Å². The third-order valence-corrected chi connectivity index (χ3v) is 4.82. The van der Waals surface area contributed by atoms with Crippen molar-refractivity contribution < 1.29 is 14.7 Å². The minimum atomic E-state index is -0.785. The lowest BCUT2D eigenvalue weighted by Crippen LogP contribution is -2.49. The Labute approximate surface area is 138 Å². The Bertz CT molecular complexity index is 535. The maximum absolute atomic E-state index is 12.6. The van der Waals surface area contributed by atoms with Gasteiger partial charge in [-0.25, -0.2) is 0 Å². The zero-order chi connectivity index (χ0) is 16.9. The first-order valence-electron chi connectivity index (χ1n) is 8.48. The first-order valence-corrected chi connectivity index (χ1v) is 8.48. The number of nitrogens with one attached hydrogen (secondary N) is 1. The van der Waals surface area contributed by atoms with Gasteiger partial charge in [-0.2, -0.15) is 0 Å². The monoisotopic (exact) mass is 317 g/mol. The van der Waals surface area contributed by atoms with Crippen molar-refractivity contribution in [3.63, 3.8) is 0 Å². The summed E-state index contributed by atoms with van der Waals surface area (Å²) in [6.07, 6.45) is 3.76. The summed E-state index contributed by atoms with van der Waals surface area (Å²) in [5, 5.41) is 12.3. The molecule has 126 valence electrons. The van der Waals surface area contributed by atoms with E-state index in [1.54, 1.807) is 0 Å². The molecular formula is C19H27NO3. The van der Waals surface area contributed by atoms with Crippen molar-refractivity contribution in [1.29, 1.82) is 0 Å². The van der Waals surface area contributed by atoms with Crippen LogP contribution < -0.4 is 5.32 Å². The highest BCUT2D eigenvalue weighted by Gasteiger charge is 2.44. The Hall–Kier alpha value is -1.84. The van der Waals surface area contributed by atoms with E-state index in [9.17, 15) is 14.7 Å². The van der Waals surface area contributed by atoms with E-state index < -0.39 is 11.4 Å². The lowest BCUT2D eigenvalue weighted by Gasteiger charge is -2.38. The second-order valence-electron chi connectivity index (χ2n) is 7.17. The quantitative estimate of drug-likeness (QED) is 0.773. The predicted molar refractivity (Wildman–Crippen MR) is 90.0 cm³/mol. The summed E-state index contributed by atoms with van der Waals surface area (Å²) in [4.78, 5) is 24.0. The summed E-state index contributed by atoms with van der Waals surface area (Å²) in [7, 11) is 0. The molecule has 0 spiro atoms. The van der Waals surface area contributed by atoms with Crippen LogP contribution in [0, 0.1) is 17.3 Å². The van der Waals surface area contributed by atoms with Crippen molar-refractivity contribution in [3.8, 4) is 0 Å². The normalized spacial score (nSPS) is 17.3. The second kappa shape index (κ2) is 7.62. The fraction of sp³-hybridized carbons (Fsp3) is 0.579. The lowest BCUT2D eigenvalue weighted by atomic mass is 9.68. The van der Waals surface area contributed by atoms with Crippen LogP contribution in [0.2, 0.25) is 0 Å². The van der Waals surface area contributed by atoms with Gasteiger partial charge in [0.1, 0.15) is 0 Å². The number of rotatable bonds is 8. The Morgan fingerprint density at radius 1 is 1.22 bits per heavy atom. The van der Waals surface area contributed by atoms with E-state index in [0.29, 0.717) is 25.2 Å². The Morgan fingerprint density at radius 2 is 1.87 bits per heavy atom. The molecule has 0 aliphatic heterocycles. The van der Waals surface area contributed by atoms with Gasteiger partial charge < -0.3 is 10.4 Å². The highest BCUT2D eigenvalue weighted by molar-refractivity contribution is 5.81. The Morgan fingerprint density at radius 3 is 2.35 bits per heavy atom. The minimum Gasteiger partial charge on any atom is -0.481 e. The van der Waals surface area contributed by atoms with Crippen molar-refractivity contribution in [3.05, 3.63) is 35.9 Å². The van der Waals surface area contributed by atoms with Gasteiger partial charge >= 0.3 is 5.97 Å². The number of benzene rings is 1. The predicted octanol–water partition coefficient (Wildman–Crippen LogP) is 3.26. The lowest BCUT2D eigenvalue weighted by molar-refractivity contribution is -0.154. The highest BCUT2D eigenvalue weighted by Crippen LogP contribution is 2.40. The molecule has 1 atom stereocenters. The molecule has 4 nitrogen and oxygen atoms in total. The van der Waals surface area contributed by atoms with Crippen LogP contribution in [0.4, 0.5) is 0 Å². The van der Waals surface area contributed by atoms with E-state index in [4.69, 9.17) is 0 Å². The first-order chi connectivity index (χ1) is 10.9. The van der Waals surface area contributed by atoms with E-state index in [1.807, 2.05) is 30.3 Å². The molecule has 1 aliphatic carbocycles. The van der Waals surface area contributed by atoms with Crippen LogP contribution in [0.15, 0.2) is 30.3 Å². The third kappa shape index (κ3) is 4.57. The van der Waals surface area contributed by atoms with Crippen molar-refractivity contribution in [1.82, 2.24) is 5.32 Å². The highest BCUT2D eigenvalue weighted by atomic mass is 16.4. The average molecular weight is 317 g/mol. The Kier molecular flexibility index (Phi) is 5.80. The molecular weight excluding hydrogens is 290 g/mol. The molecule has 0 aromatic heterocycles. The maximum Gasteiger partial charge on any atom is 0.311 e. The van der Waals surface area contributed by atoms with Gasteiger partial charge in [-0.3, -0.25) is 9.59 Å². The molecule has 1 aliphatic rings. The smallest absolute Gasteiger partial charge is 0.311 e. The molecule has 2 N–H and O–H groups in total. The minimum absolute atomic E-state index is 0.0184. The molecule has 1 amide bonds. The third-order valence-electron chi connectivity index (χ3n) is 4.82. The van der Waals surface area contributed by atoms with Crippen molar-refractivity contribution in [2.45, 2.75) is 46.0 Å². The van der Waals surface area contributed by atoms with Gasteiger partial charge in [0, 0.05) is 12.5 Å². The molecule has 1 unspecified atom stereocenters. The average Bonchev–Trinajstić information content (AvgIpc) is 2.45. The van der Waals surface area contributed by atoms with Crippen LogP contribution in [0.3, 0.4) is 0 Å². The molecule has 0 radical (unpaired) electrons. The first kappa shape index (κ1) is 17.5. The van der Waals surface area contributed by atoms with Crippen LogP contribution in [-0.2, 0) is 16.0 Å². The summed E-state index contributed by atoms with van der Waals surface area (Å²) in [5.74, 6) is -0.488. The van der Waals surface area contributed by atoms with Gasteiger partial charge in [-0.1, -0.05) is 50.6 Å². The van der Waals surface area contributed by atoms with Gasteiger partial charge in [-0.05, 0) is 37.2 Å². The van der Waals surface area contributed by atoms with Crippen molar-refractivity contribution >= 4 is 11.9 Å². The van der Waals surface area contributed by atoms with Gasteiger partial charge in [0.15, 0.2) is 0 Å². The van der Waals surface area contributed by atoms with Crippen molar-refractivity contribution in [2.24, 2.45) is 17.3 Å². The second-order valence-corrected chi connectivity index (χ2v) is 7.17. The Balaban J connectivity index is 1.97. The zero-order valence-corrected chi connectivity index (χ0v) is 14.0. The number of carboxylic acids is 1. The number of aliphatic carboxylic acids is 1. The van der Waals surface area contributed by atoms with E-state index in [2.05, 4.69) is 19.2 Å². The van der Waals surface area contributed by atoms with Crippen LogP contribution in [0.5, 0.6) is 0 Å². The largest absolute Gasteiger partial charge is 0.481 e. The molecule has 1 fully saturated rings. The van der Waals surface area contributed by atoms with Gasteiger partial charge in [0.2, 0.25) is 5.91 Å². The molecule has 0 saturated heterocycles.